The molecule has 0 radical (unpaired) electrons. The molecule has 39 heavy (non-hydrogen) atoms. The van der Waals surface area contributed by atoms with E-state index >= 15 is 0 Å². The highest BCUT2D eigenvalue weighted by atomic mass is 127. The number of carbonyl (C=O) groups is 3. The third kappa shape index (κ3) is 11.0. The van der Waals surface area contributed by atoms with Crippen LogP contribution in [-0.2, 0) is 38.7 Å². The highest BCUT2D eigenvalue weighted by Crippen LogP contribution is 2.24. The number of hydrogen-bond acceptors (Lipinski definition) is 6. The Morgan fingerprint density at radius 1 is 0.872 bits per heavy atom. The summed E-state index contributed by atoms with van der Waals surface area (Å²) in [5, 5.41) is 5.21. The maximum Gasteiger partial charge on any atom is 0.408 e. The molecule has 9 heteroatoms. The van der Waals surface area contributed by atoms with Gasteiger partial charge in [0.05, 0.1) is 0 Å². The zero-order valence-electron chi connectivity index (χ0n) is 22.2. The SMILES string of the molecule is CC(C)(C)OC(=O)N[C@@H](Cc1cc(I)ccc1OCc1ccccc1)C(=O)NCC(=O)OCc1ccccc1. The summed E-state index contributed by atoms with van der Waals surface area (Å²) in [6.07, 6.45) is -0.628. The molecule has 2 amide bonds. The van der Waals surface area contributed by atoms with E-state index in [4.69, 9.17) is 14.2 Å². The third-order valence-corrected chi connectivity index (χ3v) is 6.01. The Balaban J connectivity index is 1.70. The molecule has 3 aromatic carbocycles. The quantitative estimate of drug-likeness (QED) is 0.221. The number of alkyl carbamates (subject to hydrolysis) is 1. The Labute approximate surface area is 242 Å². The molecule has 1 atom stereocenters. The van der Waals surface area contributed by atoms with Gasteiger partial charge >= 0.3 is 12.1 Å². The summed E-state index contributed by atoms with van der Waals surface area (Å²) in [5.41, 5.74) is 1.81. The Morgan fingerprint density at radius 3 is 2.10 bits per heavy atom. The van der Waals surface area contributed by atoms with Crippen molar-refractivity contribution in [2.24, 2.45) is 0 Å². The lowest BCUT2D eigenvalue weighted by molar-refractivity contribution is -0.145. The Morgan fingerprint density at radius 2 is 1.49 bits per heavy atom. The summed E-state index contributed by atoms with van der Waals surface area (Å²) in [6, 6.07) is 23.6. The van der Waals surface area contributed by atoms with Crippen molar-refractivity contribution >= 4 is 40.6 Å². The minimum absolute atomic E-state index is 0.0969. The fraction of sp³-hybridized carbons (Fsp3) is 0.300. The minimum atomic E-state index is -1.03. The number of benzene rings is 3. The van der Waals surface area contributed by atoms with Crippen LogP contribution in [-0.4, -0.2) is 36.2 Å². The van der Waals surface area contributed by atoms with Crippen LogP contribution in [0.25, 0.3) is 0 Å². The van der Waals surface area contributed by atoms with Crippen molar-refractivity contribution in [1.29, 1.82) is 0 Å². The molecule has 0 fully saturated rings. The minimum Gasteiger partial charge on any atom is -0.489 e. The van der Waals surface area contributed by atoms with E-state index in [1.54, 1.807) is 20.8 Å². The molecule has 0 saturated carbocycles. The smallest absolute Gasteiger partial charge is 0.408 e. The van der Waals surface area contributed by atoms with E-state index in [-0.39, 0.29) is 19.6 Å². The summed E-state index contributed by atoms with van der Waals surface area (Å²) >= 11 is 2.18. The van der Waals surface area contributed by atoms with Gasteiger partial charge in [-0.2, -0.15) is 0 Å². The molecule has 8 nitrogen and oxygen atoms in total. The lowest BCUT2D eigenvalue weighted by atomic mass is 10.0. The van der Waals surface area contributed by atoms with Gasteiger partial charge in [-0.3, -0.25) is 9.59 Å². The lowest BCUT2D eigenvalue weighted by Crippen LogP contribution is -2.50. The second-order valence-corrected chi connectivity index (χ2v) is 11.0. The van der Waals surface area contributed by atoms with Crippen LogP contribution in [0, 0.1) is 3.57 Å². The number of amides is 2. The van der Waals surface area contributed by atoms with Crippen molar-refractivity contribution in [2.75, 3.05) is 6.54 Å². The van der Waals surface area contributed by atoms with Gasteiger partial charge in [0.2, 0.25) is 5.91 Å². The van der Waals surface area contributed by atoms with Gasteiger partial charge in [0, 0.05) is 9.99 Å². The van der Waals surface area contributed by atoms with Gasteiger partial charge in [0.15, 0.2) is 0 Å². The molecule has 2 N–H and O–H groups in total. The van der Waals surface area contributed by atoms with Gasteiger partial charge in [0.1, 0.15) is 37.2 Å². The number of ether oxygens (including phenoxy) is 3. The van der Waals surface area contributed by atoms with Crippen molar-refractivity contribution in [2.45, 2.75) is 52.0 Å². The molecule has 0 spiro atoms. The van der Waals surface area contributed by atoms with Crippen LogP contribution in [0.4, 0.5) is 4.79 Å². The van der Waals surface area contributed by atoms with E-state index < -0.39 is 29.6 Å². The summed E-state index contributed by atoms with van der Waals surface area (Å²) in [6.45, 7) is 5.30. The molecule has 0 aliphatic rings. The average Bonchev–Trinajstić information content (AvgIpc) is 2.90. The lowest BCUT2D eigenvalue weighted by Gasteiger charge is -2.24. The van der Waals surface area contributed by atoms with E-state index in [2.05, 4.69) is 33.2 Å². The largest absolute Gasteiger partial charge is 0.489 e. The number of carbonyl (C=O) groups excluding carboxylic acids is 3. The predicted molar refractivity (Wildman–Crippen MR) is 156 cm³/mol. The standard InChI is InChI=1S/C30H33IN2O6/c1-30(2,3)39-29(36)33-25(28(35)32-18-27(34)38-20-22-12-8-5-9-13-22)17-23-16-24(31)14-15-26(23)37-19-21-10-6-4-7-11-21/h4-16,25H,17-20H2,1-3H3,(H,32,35)(H,33,36)/t25-/m0/s1. The van der Waals surface area contributed by atoms with Crippen molar-refractivity contribution in [3.8, 4) is 5.75 Å². The predicted octanol–water partition coefficient (Wildman–Crippen LogP) is 5.17. The molecule has 3 aromatic rings. The highest BCUT2D eigenvalue weighted by Gasteiger charge is 2.26. The fourth-order valence-electron chi connectivity index (χ4n) is 3.53. The van der Waals surface area contributed by atoms with Crippen LogP contribution in [0.1, 0.15) is 37.5 Å². The zero-order valence-corrected chi connectivity index (χ0v) is 24.4. The highest BCUT2D eigenvalue weighted by molar-refractivity contribution is 14.1. The first-order chi connectivity index (χ1) is 18.6. The summed E-state index contributed by atoms with van der Waals surface area (Å²) in [5.74, 6) is -0.555. The van der Waals surface area contributed by atoms with Gasteiger partial charge in [-0.05, 0) is 78.3 Å². The summed E-state index contributed by atoms with van der Waals surface area (Å²) in [7, 11) is 0. The van der Waals surface area contributed by atoms with Gasteiger partial charge < -0.3 is 24.8 Å². The van der Waals surface area contributed by atoms with Crippen molar-refractivity contribution in [3.05, 3.63) is 99.1 Å². The number of nitrogens with one attached hydrogen (secondary N) is 2. The van der Waals surface area contributed by atoms with E-state index in [1.165, 1.54) is 0 Å². The molecular weight excluding hydrogens is 611 g/mol. The molecular formula is C30H33IN2O6. The number of hydrogen-bond donors (Lipinski definition) is 2. The normalized spacial score (nSPS) is 11.7. The molecule has 206 valence electrons. The maximum atomic E-state index is 13.2. The number of esters is 1. The van der Waals surface area contributed by atoms with E-state index in [0.717, 1.165) is 20.3 Å². The molecule has 0 saturated heterocycles. The monoisotopic (exact) mass is 644 g/mol. The molecule has 0 heterocycles. The topological polar surface area (TPSA) is 103 Å². The van der Waals surface area contributed by atoms with Crippen LogP contribution in [0.2, 0.25) is 0 Å². The van der Waals surface area contributed by atoms with Crippen LogP contribution < -0.4 is 15.4 Å². The Hall–Kier alpha value is -3.60. The average molecular weight is 645 g/mol. The second kappa shape index (κ2) is 14.5. The fourth-order valence-corrected chi connectivity index (χ4v) is 4.09. The maximum absolute atomic E-state index is 13.2. The van der Waals surface area contributed by atoms with E-state index in [9.17, 15) is 14.4 Å². The number of halogens is 1. The van der Waals surface area contributed by atoms with Gasteiger partial charge in [-0.15, -0.1) is 0 Å². The van der Waals surface area contributed by atoms with Gasteiger partial charge in [-0.1, -0.05) is 60.7 Å². The molecule has 0 unspecified atom stereocenters. The molecule has 0 aliphatic heterocycles. The van der Waals surface area contributed by atoms with Crippen molar-refractivity contribution in [3.63, 3.8) is 0 Å². The molecule has 0 aliphatic carbocycles. The summed E-state index contributed by atoms with van der Waals surface area (Å²) < 4.78 is 17.6. The van der Waals surface area contributed by atoms with Crippen LogP contribution in [0.15, 0.2) is 78.9 Å². The molecule has 0 bridgehead atoms. The molecule has 3 rings (SSSR count). The first-order valence-electron chi connectivity index (χ1n) is 12.5. The van der Waals surface area contributed by atoms with E-state index in [0.29, 0.717) is 12.4 Å². The van der Waals surface area contributed by atoms with E-state index in [1.807, 2.05) is 78.9 Å². The van der Waals surface area contributed by atoms with Crippen LogP contribution in [0.5, 0.6) is 5.75 Å². The van der Waals surface area contributed by atoms with Gasteiger partial charge in [-0.25, -0.2) is 4.79 Å². The molecule has 0 aromatic heterocycles. The Kier molecular flexibility index (Phi) is 11.2. The van der Waals surface area contributed by atoms with Gasteiger partial charge in [0.25, 0.3) is 0 Å². The van der Waals surface area contributed by atoms with Crippen LogP contribution in [0.3, 0.4) is 0 Å². The third-order valence-electron chi connectivity index (χ3n) is 5.34. The Bertz CT molecular complexity index is 1250. The first-order valence-corrected chi connectivity index (χ1v) is 13.6. The first kappa shape index (κ1) is 29.9. The second-order valence-electron chi connectivity index (χ2n) is 9.79. The number of rotatable bonds is 11. The zero-order chi connectivity index (χ0) is 28.3. The summed E-state index contributed by atoms with van der Waals surface area (Å²) in [4.78, 5) is 38.0. The van der Waals surface area contributed by atoms with Crippen LogP contribution >= 0.6 is 22.6 Å². The van der Waals surface area contributed by atoms with Crippen molar-refractivity contribution < 1.29 is 28.6 Å². The van der Waals surface area contributed by atoms with Crippen molar-refractivity contribution in [1.82, 2.24) is 10.6 Å².